The SMILES string of the molecule is NC(=S)N(N)C(=O)c1cc(Cl)cc(Cl)c1. The Balaban J connectivity index is 3.06. The number of hydrogen-bond donors (Lipinski definition) is 2. The van der Waals surface area contributed by atoms with E-state index in [0.29, 0.717) is 15.1 Å². The average Bonchev–Trinajstić information content (AvgIpc) is 2.13. The molecule has 4 N–H and O–H groups in total. The minimum Gasteiger partial charge on any atom is -0.375 e. The second kappa shape index (κ2) is 4.76. The van der Waals surface area contributed by atoms with E-state index in [1.807, 2.05) is 0 Å². The van der Waals surface area contributed by atoms with Crippen molar-refractivity contribution < 1.29 is 4.79 Å². The summed E-state index contributed by atoms with van der Waals surface area (Å²) in [5, 5.41) is 1.10. The van der Waals surface area contributed by atoms with Crippen LogP contribution in [0.2, 0.25) is 10.0 Å². The molecule has 1 rings (SSSR count). The fourth-order valence-electron chi connectivity index (χ4n) is 0.916. The summed E-state index contributed by atoms with van der Waals surface area (Å²) in [6.45, 7) is 0. The molecule has 0 aliphatic carbocycles. The van der Waals surface area contributed by atoms with Gasteiger partial charge in [-0.05, 0) is 30.4 Å². The fraction of sp³-hybridized carbons (Fsp3) is 0. The number of halogens is 2. The van der Waals surface area contributed by atoms with Gasteiger partial charge in [-0.15, -0.1) is 0 Å². The Bertz CT molecular complexity index is 404. The Morgan fingerprint density at radius 1 is 1.27 bits per heavy atom. The number of hydrogen-bond acceptors (Lipinski definition) is 3. The minimum atomic E-state index is -0.563. The molecule has 80 valence electrons. The number of carbonyl (C=O) groups is 1. The van der Waals surface area contributed by atoms with Crippen LogP contribution in [0.15, 0.2) is 18.2 Å². The van der Waals surface area contributed by atoms with Crippen LogP contribution in [0.4, 0.5) is 0 Å². The van der Waals surface area contributed by atoms with E-state index in [1.165, 1.54) is 18.2 Å². The van der Waals surface area contributed by atoms with E-state index >= 15 is 0 Å². The number of benzene rings is 1. The third-order valence-electron chi connectivity index (χ3n) is 1.57. The van der Waals surface area contributed by atoms with Gasteiger partial charge in [-0.25, -0.2) is 10.9 Å². The van der Waals surface area contributed by atoms with Gasteiger partial charge in [-0.1, -0.05) is 23.2 Å². The number of carbonyl (C=O) groups excluding carboxylic acids is 1. The largest absolute Gasteiger partial charge is 0.375 e. The Labute approximate surface area is 102 Å². The summed E-state index contributed by atoms with van der Waals surface area (Å²) in [7, 11) is 0. The summed E-state index contributed by atoms with van der Waals surface area (Å²) in [4.78, 5) is 11.6. The van der Waals surface area contributed by atoms with E-state index in [2.05, 4.69) is 12.2 Å². The van der Waals surface area contributed by atoms with Gasteiger partial charge < -0.3 is 5.73 Å². The van der Waals surface area contributed by atoms with Crippen LogP contribution in [0, 0.1) is 0 Å². The molecule has 0 unspecified atom stereocenters. The number of amides is 1. The summed E-state index contributed by atoms with van der Waals surface area (Å²) in [5.74, 6) is 4.76. The highest BCUT2D eigenvalue weighted by atomic mass is 35.5. The molecule has 0 fully saturated rings. The van der Waals surface area contributed by atoms with Crippen LogP contribution in [-0.4, -0.2) is 16.0 Å². The fourth-order valence-corrected chi connectivity index (χ4v) is 1.53. The molecular formula is C8H7Cl2N3OS. The van der Waals surface area contributed by atoms with Crippen molar-refractivity contribution in [3.05, 3.63) is 33.8 Å². The highest BCUT2D eigenvalue weighted by molar-refractivity contribution is 7.80. The monoisotopic (exact) mass is 263 g/mol. The first-order valence-corrected chi connectivity index (χ1v) is 4.93. The average molecular weight is 264 g/mol. The van der Waals surface area contributed by atoms with Crippen LogP contribution < -0.4 is 11.6 Å². The number of rotatable bonds is 1. The molecule has 7 heteroatoms. The molecule has 0 saturated carbocycles. The van der Waals surface area contributed by atoms with Crippen molar-refractivity contribution in [1.29, 1.82) is 0 Å². The van der Waals surface area contributed by atoms with E-state index in [-0.39, 0.29) is 10.7 Å². The molecule has 1 aromatic rings. The zero-order chi connectivity index (χ0) is 11.6. The summed E-state index contributed by atoms with van der Waals surface area (Å²) in [6, 6.07) is 4.35. The number of nitrogens with two attached hydrogens (primary N) is 2. The number of hydrazine groups is 1. The van der Waals surface area contributed by atoms with E-state index in [4.69, 9.17) is 34.8 Å². The lowest BCUT2D eigenvalue weighted by Gasteiger charge is -2.14. The Morgan fingerprint density at radius 2 is 1.73 bits per heavy atom. The molecule has 0 heterocycles. The first-order chi connectivity index (χ1) is 6.91. The highest BCUT2D eigenvalue weighted by Crippen LogP contribution is 2.19. The van der Waals surface area contributed by atoms with Crippen molar-refractivity contribution in [2.45, 2.75) is 0 Å². The van der Waals surface area contributed by atoms with Gasteiger partial charge in [-0.3, -0.25) is 4.79 Å². The van der Waals surface area contributed by atoms with Crippen molar-refractivity contribution in [1.82, 2.24) is 5.01 Å². The molecule has 0 radical (unpaired) electrons. The van der Waals surface area contributed by atoms with Crippen LogP contribution in [0.1, 0.15) is 10.4 Å². The Kier molecular flexibility index (Phi) is 3.87. The second-order valence-corrected chi connectivity index (χ2v) is 3.96. The van der Waals surface area contributed by atoms with Crippen LogP contribution in [0.5, 0.6) is 0 Å². The second-order valence-electron chi connectivity index (χ2n) is 2.67. The molecule has 0 atom stereocenters. The van der Waals surface area contributed by atoms with Crippen LogP contribution >= 0.6 is 35.4 Å². The van der Waals surface area contributed by atoms with Crippen LogP contribution in [0.3, 0.4) is 0 Å². The molecule has 15 heavy (non-hydrogen) atoms. The van der Waals surface area contributed by atoms with Crippen LogP contribution in [0.25, 0.3) is 0 Å². The van der Waals surface area contributed by atoms with Gasteiger partial charge in [0, 0.05) is 15.6 Å². The minimum absolute atomic E-state index is 0.225. The molecule has 0 saturated heterocycles. The van der Waals surface area contributed by atoms with E-state index < -0.39 is 5.91 Å². The third kappa shape index (κ3) is 3.04. The molecule has 0 aliphatic rings. The molecule has 0 aromatic heterocycles. The Hall–Kier alpha value is -0.880. The first-order valence-electron chi connectivity index (χ1n) is 3.76. The van der Waals surface area contributed by atoms with E-state index in [9.17, 15) is 4.79 Å². The maximum atomic E-state index is 11.6. The van der Waals surface area contributed by atoms with Crippen molar-refractivity contribution >= 4 is 46.4 Å². The van der Waals surface area contributed by atoms with E-state index in [0.717, 1.165) is 0 Å². The first kappa shape index (κ1) is 12.2. The molecule has 4 nitrogen and oxygen atoms in total. The highest BCUT2D eigenvalue weighted by Gasteiger charge is 2.15. The maximum Gasteiger partial charge on any atom is 0.274 e. The molecule has 0 bridgehead atoms. The lowest BCUT2D eigenvalue weighted by molar-refractivity contribution is 0.0848. The normalized spacial score (nSPS) is 9.80. The lowest BCUT2D eigenvalue weighted by atomic mass is 10.2. The predicted octanol–water partition coefficient (Wildman–Crippen LogP) is 1.55. The van der Waals surface area contributed by atoms with Gasteiger partial charge in [0.05, 0.1) is 0 Å². The van der Waals surface area contributed by atoms with Gasteiger partial charge in [0.1, 0.15) is 0 Å². The molecule has 0 spiro atoms. The third-order valence-corrected chi connectivity index (χ3v) is 2.20. The van der Waals surface area contributed by atoms with Crippen molar-refractivity contribution in [2.24, 2.45) is 11.6 Å². The topological polar surface area (TPSA) is 72.3 Å². The summed E-state index contributed by atoms with van der Waals surface area (Å²) < 4.78 is 0. The zero-order valence-electron chi connectivity index (χ0n) is 7.41. The summed E-state index contributed by atoms with van der Waals surface area (Å²) in [6.07, 6.45) is 0. The summed E-state index contributed by atoms with van der Waals surface area (Å²) in [5.41, 5.74) is 5.42. The van der Waals surface area contributed by atoms with Crippen molar-refractivity contribution in [3.8, 4) is 0 Å². The lowest BCUT2D eigenvalue weighted by Crippen LogP contribution is -2.45. The quantitative estimate of drug-likeness (QED) is 0.349. The predicted molar refractivity (Wildman–Crippen MR) is 63.6 cm³/mol. The zero-order valence-corrected chi connectivity index (χ0v) is 9.73. The van der Waals surface area contributed by atoms with Crippen molar-refractivity contribution in [2.75, 3.05) is 0 Å². The summed E-state index contributed by atoms with van der Waals surface area (Å²) >= 11 is 16.0. The van der Waals surface area contributed by atoms with Gasteiger partial charge in [0.2, 0.25) is 0 Å². The van der Waals surface area contributed by atoms with Gasteiger partial charge in [0.25, 0.3) is 5.91 Å². The molecule has 0 aliphatic heterocycles. The van der Waals surface area contributed by atoms with Gasteiger partial charge in [0.15, 0.2) is 5.11 Å². The number of thiocarbonyl (C=S) groups is 1. The van der Waals surface area contributed by atoms with Crippen molar-refractivity contribution in [3.63, 3.8) is 0 Å². The van der Waals surface area contributed by atoms with Gasteiger partial charge >= 0.3 is 0 Å². The standard InChI is InChI=1S/C8H7Cl2N3OS/c9-5-1-4(2-6(10)3-5)7(14)13(12)8(11)15/h1-3H,12H2,(H2,11,15). The van der Waals surface area contributed by atoms with Crippen LogP contribution in [-0.2, 0) is 0 Å². The van der Waals surface area contributed by atoms with Gasteiger partial charge in [-0.2, -0.15) is 0 Å². The number of nitrogens with zero attached hydrogens (tertiary/aromatic N) is 1. The van der Waals surface area contributed by atoms with E-state index in [1.54, 1.807) is 0 Å². The molecular weight excluding hydrogens is 257 g/mol. The molecule has 1 aromatic carbocycles. The Morgan fingerprint density at radius 3 is 2.13 bits per heavy atom. The molecule has 1 amide bonds. The maximum absolute atomic E-state index is 11.6. The smallest absolute Gasteiger partial charge is 0.274 e.